The Balaban J connectivity index is 2.43. The summed E-state index contributed by atoms with van der Waals surface area (Å²) in [6.45, 7) is 1.93. The molecule has 0 amide bonds. The van der Waals surface area contributed by atoms with Gasteiger partial charge in [-0.1, -0.05) is 67.6 Å². The molecule has 102 valence electrons. The van der Waals surface area contributed by atoms with Crippen molar-refractivity contribution in [2.75, 3.05) is 0 Å². The summed E-state index contributed by atoms with van der Waals surface area (Å²) in [5, 5.41) is 19.9. The van der Waals surface area contributed by atoms with Crippen LogP contribution in [0.5, 0.6) is 0 Å². The van der Waals surface area contributed by atoms with E-state index in [0.717, 1.165) is 11.1 Å². The zero-order valence-corrected chi connectivity index (χ0v) is 11.6. The molecule has 0 aliphatic heterocycles. The molecule has 2 nitrogen and oxygen atoms in total. The molecule has 1 N–H and O–H groups in total. The van der Waals surface area contributed by atoms with E-state index in [1.807, 2.05) is 67.6 Å². The fraction of sp³-hybridized carbons (Fsp3) is 0.278. The van der Waals surface area contributed by atoms with E-state index in [1.165, 1.54) is 0 Å². The van der Waals surface area contributed by atoms with Crippen molar-refractivity contribution in [2.45, 2.75) is 25.4 Å². The van der Waals surface area contributed by atoms with Crippen molar-refractivity contribution >= 4 is 0 Å². The van der Waals surface area contributed by atoms with Gasteiger partial charge in [0.25, 0.3) is 0 Å². The second-order valence-electron chi connectivity index (χ2n) is 4.93. The number of aliphatic hydroxyl groups is 1. The Bertz CT molecular complexity index is 519. The van der Waals surface area contributed by atoms with Gasteiger partial charge >= 0.3 is 0 Å². The minimum atomic E-state index is -0.699. The standard InChI is InChI=1S/C18H19NO/c1-2-14(13-19)18(20)17(15-9-5-3-6-10-15)16-11-7-4-8-12-16/h3-12,14,17-18,20H,2H2,1H3. The van der Waals surface area contributed by atoms with Crippen molar-refractivity contribution in [1.82, 2.24) is 0 Å². The SMILES string of the molecule is CCC(C#N)C(O)C(c1ccccc1)c1ccccc1. The predicted octanol–water partition coefficient (Wildman–Crippen LogP) is 3.73. The highest BCUT2D eigenvalue weighted by Crippen LogP contribution is 2.32. The number of hydrogen-bond acceptors (Lipinski definition) is 2. The number of benzene rings is 2. The first kappa shape index (κ1) is 14.3. The molecule has 0 bridgehead atoms. The van der Waals surface area contributed by atoms with E-state index < -0.39 is 6.10 Å². The molecule has 0 radical (unpaired) electrons. The third-order valence-electron chi connectivity index (χ3n) is 3.68. The smallest absolute Gasteiger partial charge is 0.0807 e. The molecule has 0 spiro atoms. The Morgan fingerprint density at radius 3 is 1.75 bits per heavy atom. The summed E-state index contributed by atoms with van der Waals surface area (Å²) >= 11 is 0. The lowest BCUT2D eigenvalue weighted by molar-refractivity contribution is 0.114. The summed E-state index contributed by atoms with van der Waals surface area (Å²) in [7, 11) is 0. The molecule has 0 saturated carbocycles. The molecule has 2 rings (SSSR count). The van der Waals surface area contributed by atoms with Gasteiger partial charge in [-0.3, -0.25) is 0 Å². The van der Waals surface area contributed by atoms with Crippen molar-refractivity contribution in [3.05, 3.63) is 71.8 Å². The van der Waals surface area contributed by atoms with Crippen LogP contribution < -0.4 is 0 Å². The highest BCUT2D eigenvalue weighted by atomic mass is 16.3. The first-order valence-corrected chi connectivity index (χ1v) is 6.95. The van der Waals surface area contributed by atoms with Crippen LogP contribution in [0.3, 0.4) is 0 Å². The van der Waals surface area contributed by atoms with E-state index in [2.05, 4.69) is 6.07 Å². The molecule has 0 saturated heterocycles. The van der Waals surface area contributed by atoms with Crippen LogP contribution in [0.1, 0.15) is 30.4 Å². The highest BCUT2D eigenvalue weighted by Gasteiger charge is 2.29. The summed E-state index contributed by atoms with van der Waals surface area (Å²) in [6.07, 6.45) is -0.0526. The number of nitriles is 1. The van der Waals surface area contributed by atoms with Crippen LogP contribution in [0.15, 0.2) is 60.7 Å². The van der Waals surface area contributed by atoms with Gasteiger partial charge in [0.05, 0.1) is 18.1 Å². The van der Waals surface area contributed by atoms with Gasteiger partial charge in [-0.05, 0) is 17.5 Å². The van der Waals surface area contributed by atoms with Crippen molar-refractivity contribution in [3.63, 3.8) is 0 Å². The van der Waals surface area contributed by atoms with E-state index >= 15 is 0 Å². The van der Waals surface area contributed by atoms with E-state index in [-0.39, 0.29) is 11.8 Å². The summed E-state index contributed by atoms with van der Waals surface area (Å²) in [6, 6.07) is 22.0. The Labute approximate surface area is 120 Å². The van der Waals surface area contributed by atoms with Gasteiger partial charge in [0, 0.05) is 5.92 Å². The third-order valence-corrected chi connectivity index (χ3v) is 3.68. The van der Waals surface area contributed by atoms with Crippen LogP contribution in [0, 0.1) is 17.2 Å². The number of hydrogen-bond donors (Lipinski definition) is 1. The maximum atomic E-state index is 10.7. The largest absolute Gasteiger partial charge is 0.391 e. The van der Waals surface area contributed by atoms with Crippen LogP contribution in [0.2, 0.25) is 0 Å². The van der Waals surface area contributed by atoms with Crippen LogP contribution in [-0.4, -0.2) is 11.2 Å². The first-order valence-electron chi connectivity index (χ1n) is 6.95. The van der Waals surface area contributed by atoms with Crippen molar-refractivity contribution in [1.29, 1.82) is 5.26 Å². The fourth-order valence-electron chi connectivity index (χ4n) is 2.55. The van der Waals surface area contributed by atoms with Gasteiger partial charge in [-0.2, -0.15) is 5.26 Å². The topological polar surface area (TPSA) is 44.0 Å². The second kappa shape index (κ2) is 6.88. The maximum absolute atomic E-state index is 10.7. The number of aliphatic hydroxyl groups excluding tert-OH is 1. The zero-order valence-electron chi connectivity index (χ0n) is 11.6. The molecule has 20 heavy (non-hydrogen) atoms. The lowest BCUT2D eigenvalue weighted by Crippen LogP contribution is -2.27. The highest BCUT2D eigenvalue weighted by molar-refractivity contribution is 5.34. The monoisotopic (exact) mass is 265 g/mol. The predicted molar refractivity (Wildman–Crippen MR) is 80.1 cm³/mol. The molecule has 0 aliphatic carbocycles. The zero-order chi connectivity index (χ0) is 14.4. The van der Waals surface area contributed by atoms with Crippen LogP contribution in [0.4, 0.5) is 0 Å². The Morgan fingerprint density at radius 2 is 1.40 bits per heavy atom. The maximum Gasteiger partial charge on any atom is 0.0807 e. The van der Waals surface area contributed by atoms with Crippen LogP contribution >= 0.6 is 0 Å². The molecule has 2 unspecified atom stereocenters. The van der Waals surface area contributed by atoms with E-state index in [9.17, 15) is 10.4 Å². The molecule has 0 aromatic heterocycles. The van der Waals surface area contributed by atoms with Crippen molar-refractivity contribution in [3.8, 4) is 6.07 Å². The Hall–Kier alpha value is -2.11. The van der Waals surface area contributed by atoms with Crippen molar-refractivity contribution in [2.24, 2.45) is 5.92 Å². The third kappa shape index (κ3) is 3.07. The molecule has 2 atom stereocenters. The average molecular weight is 265 g/mol. The number of rotatable bonds is 5. The number of nitrogens with zero attached hydrogens (tertiary/aromatic N) is 1. The minimum absolute atomic E-state index is 0.165. The van der Waals surface area contributed by atoms with Crippen LogP contribution in [-0.2, 0) is 0 Å². The lowest BCUT2D eigenvalue weighted by Gasteiger charge is -2.26. The molecule has 0 fully saturated rings. The second-order valence-corrected chi connectivity index (χ2v) is 4.93. The van der Waals surface area contributed by atoms with Crippen LogP contribution in [0.25, 0.3) is 0 Å². The molecule has 0 heterocycles. The summed E-state index contributed by atoms with van der Waals surface area (Å²) in [5.74, 6) is -0.526. The fourth-order valence-corrected chi connectivity index (χ4v) is 2.55. The summed E-state index contributed by atoms with van der Waals surface area (Å²) in [4.78, 5) is 0. The first-order chi connectivity index (χ1) is 9.77. The summed E-state index contributed by atoms with van der Waals surface area (Å²) in [5.41, 5.74) is 2.08. The van der Waals surface area contributed by atoms with Gasteiger partial charge in [0.15, 0.2) is 0 Å². The van der Waals surface area contributed by atoms with Gasteiger partial charge in [0.2, 0.25) is 0 Å². The Morgan fingerprint density at radius 1 is 0.950 bits per heavy atom. The molecule has 0 aliphatic rings. The quantitative estimate of drug-likeness (QED) is 0.895. The molecule has 2 heteroatoms. The Kier molecular flexibility index (Phi) is 4.92. The van der Waals surface area contributed by atoms with E-state index in [1.54, 1.807) is 0 Å². The molecule has 2 aromatic rings. The van der Waals surface area contributed by atoms with Gasteiger partial charge < -0.3 is 5.11 Å². The van der Waals surface area contributed by atoms with E-state index in [4.69, 9.17) is 0 Å². The summed E-state index contributed by atoms with van der Waals surface area (Å²) < 4.78 is 0. The molecular formula is C18H19NO. The lowest BCUT2D eigenvalue weighted by atomic mass is 9.80. The molecular weight excluding hydrogens is 246 g/mol. The van der Waals surface area contributed by atoms with Crippen molar-refractivity contribution < 1.29 is 5.11 Å². The molecule has 2 aromatic carbocycles. The minimum Gasteiger partial charge on any atom is -0.391 e. The van der Waals surface area contributed by atoms with Gasteiger partial charge in [-0.15, -0.1) is 0 Å². The normalized spacial score (nSPS) is 13.7. The average Bonchev–Trinajstić information content (AvgIpc) is 2.51. The van der Waals surface area contributed by atoms with Gasteiger partial charge in [-0.25, -0.2) is 0 Å². The van der Waals surface area contributed by atoms with Gasteiger partial charge in [0.1, 0.15) is 0 Å². The van der Waals surface area contributed by atoms with E-state index in [0.29, 0.717) is 6.42 Å².